The first kappa shape index (κ1) is 16.8. The zero-order chi connectivity index (χ0) is 18.0. The van der Waals surface area contributed by atoms with Gasteiger partial charge in [0, 0.05) is 30.3 Å². The summed E-state index contributed by atoms with van der Waals surface area (Å²) >= 11 is 5.16. The summed E-state index contributed by atoms with van der Waals surface area (Å²) in [6.07, 6.45) is 2.41. The van der Waals surface area contributed by atoms with Crippen LogP contribution in [0.4, 0.5) is 5.69 Å². The third-order valence-corrected chi connectivity index (χ3v) is 4.01. The minimum atomic E-state index is -0.454. The van der Waals surface area contributed by atoms with Gasteiger partial charge in [-0.3, -0.25) is 19.8 Å². The van der Waals surface area contributed by atoms with Gasteiger partial charge in [0.1, 0.15) is 17.2 Å². The first-order chi connectivity index (χ1) is 12.0. The molecule has 1 saturated heterocycles. The van der Waals surface area contributed by atoms with Gasteiger partial charge in [-0.15, -0.1) is 0 Å². The number of nitro groups is 1. The molecule has 1 amide bonds. The van der Waals surface area contributed by atoms with E-state index in [-0.39, 0.29) is 11.6 Å². The van der Waals surface area contributed by atoms with Crippen molar-refractivity contribution >= 4 is 35.0 Å². The van der Waals surface area contributed by atoms with E-state index in [2.05, 4.69) is 5.32 Å². The highest BCUT2D eigenvalue weighted by Gasteiger charge is 2.29. The average Bonchev–Trinajstić information content (AvgIpc) is 3.16. The van der Waals surface area contributed by atoms with Crippen LogP contribution in [0.3, 0.4) is 0 Å². The zero-order valence-corrected chi connectivity index (χ0v) is 14.2. The number of benzene rings is 1. The molecule has 1 aromatic carbocycles. The van der Waals surface area contributed by atoms with Crippen molar-refractivity contribution in [2.75, 3.05) is 6.54 Å². The van der Waals surface area contributed by atoms with Crippen LogP contribution in [0, 0.1) is 10.1 Å². The third-order valence-electron chi connectivity index (χ3n) is 3.69. The highest BCUT2D eigenvalue weighted by Crippen LogP contribution is 2.26. The van der Waals surface area contributed by atoms with Gasteiger partial charge in [0.2, 0.25) is 0 Å². The van der Waals surface area contributed by atoms with Gasteiger partial charge in [0.15, 0.2) is 5.11 Å². The van der Waals surface area contributed by atoms with Crippen molar-refractivity contribution in [1.82, 2.24) is 10.2 Å². The number of amides is 1. The van der Waals surface area contributed by atoms with Gasteiger partial charge < -0.3 is 9.73 Å². The molecular weight excluding hydrogens is 342 g/mol. The van der Waals surface area contributed by atoms with Crippen molar-refractivity contribution in [2.24, 2.45) is 0 Å². The first-order valence-corrected chi connectivity index (χ1v) is 8.09. The van der Waals surface area contributed by atoms with Gasteiger partial charge in [-0.05, 0) is 42.9 Å². The third kappa shape index (κ3) is 3.43. The predicted octanol–water partition coefficient (Wildman–Crippen LogP) is 3.32. The lowest BCUT2D eigenvalue weighted by Gasteiger charge is -2.11. The predicted molar refractivity (Wildman–Crippen MR) is 96.5 cm³/mol. The summed E-state index contributed by atoms with van der Waals surface area (Å²) in [5, 5.41) is 14.0. The van der Waals surface area contributed by atoms with E-state index >= 15 is 0 Å². The van der Waals surface area contributed by atoms with E-state index in [9.17, 15) is 14.9 Å². The van der Waals surface area contributed by atoms with Crippen molar-refractivity contribution < 1.29 is 14.1 Å². The van der Waals surface area contributed by atoms with E-state index in [1.54, 1.807) is 30.3 Å². The molecule has 0 aliphatic carbocycles. The Morgan fingerprint density at radius 3 is 2.64 bits per heavy atom. The van der Waals surface area contributed by atoms with Crippen LogP contribution >= 0.6 is 12.2 Å². The van der Waals surface area contributed by atoms with Gasteiger partial charge in [-0.25, -0.2) is 0 Å². The van der Waals surface area contributed by atoms with Gasteiger partial charge in [-0.1, -0.05) is 6.92 Å². The maximum absolute atomic E-state index is 12.3. The van der Waals surface area contributed by atoms with E-state index in [1.165, 1.54) is 17.0 Å². The normalized spacial score (nSPS) is 15.7. The van der Waals surface area contributed by atoms with Gasteiger partial charge in [0.25, 0.3) is 11.6 Å². The van der Waals surface area contributed by atoms with Crippen LogP contribution in [0.25, 0.3) is 17.4 Å². The lowest BCUT2D eigenvalue weighted by molar-refractivity contribution is -0.384. The molecule has 2 aromatic rings. The van der Waals surface area contributed by atoms with E-state index in [0.717, 1.165) is 6.42 Å². The van der Waals surface area contributed by atoms with E-state index in [4.69, 9.17) is 16.6 Å². The molecule has 7 nitrogen and oxygen atoms in total. The topological polar surface area (TPSA) is 88.6 Å². The molecule has 1 aliphatic heterocycles. The highest BCUT2D eigenvalue weighted by atomic mass is 32.1. The lowest BCUT2D eigenvalue weighted by atomic mass is 10.1. The summed E-state index contributed by atoms with van der Waals surface area (Å²) in [7, 11) is 0. The van der Waals surface area contributed by atoms with Crippen LogP contribution in [0.2, 0.25) is 0 Å². The molecule has 0 unspecified atom stereocenters. The smallest absolute Gasteiger partial charge is 0.276 e. The second kappa shape index (κ2) is 6.86. The number of carbonyl (C=O) groups excluding carboxylic acids is 1. The summed E-state index contributed by atoms with van der Waals surface area (Å²) in [5.74, 6) is 0.866. The van der Waals surface area contributed by atoms with Crippen molar-refractivity contribution in [1.29, 1.82) is 0 Å². The Morgan fingerprint density at radius 1 is 1.28 bits per heavy atom. The number of rotatable bonds is 5. The van der Waals surface area contributed by atoms with Gasteiger partial charge in [-0.2, -0.15) is 0 Å². The maximum Gasteiger partial charge on any atom is 0.276 e. The van der Waals surface area contributed by atoms with Crippen molar-refractivity contribution in [3.05, 3.63) is 58.0 Å². The number of furan rings is 1. The SMILES string of the molecule is CCCN1C(=O)/C(=C/c2ccc(-c3ccc([N+](=O)[O-])cc3)o2)NC1=S. The monoisotopic (exact) mass is 357 g/mol. The molecule has 0 radical (unpaired) electrons. The fraction of sp³-hybridized carbons (Fsp3) is 0.176. The number of nitrogens with zero attached hydrogens (tertiary/aromatic N) is 2. The van der Waals surface area contributed by atoms with E-state index < -0.39 is 4.92 Å². The molecule has 0 atom stereocenters. The minimum absolute atomic E-state index is 0.0166. The second-order valence-corrected chi connectivity index (χ2v) is 5.84. The van der Waals surface area contributed by atoms with Crippen molar-refractivity contribution in [2.45, 2.75) is 13.3 Å². The summed E-state index contributed by atoms with van der Waals surface area (Å²) in [6, 6.07) is 9.54. The standard InChI is InChI=1S/C17H15N3O4S/c1-2-9-19-16(21)14(18-17(19)25)10-13-7-8-15(24-13)11-3-5-12(6-4-11)20(22)23/h3-8,10H,2,9H2,1H3,(H,18,25)/b14-10-. The first-order valence-electron chi connectivity index (χ1n) is 7.69. The Labute approximate surface area is 149 Å². The number of non-ortho nitro benzene ring substituents is 1. The number of hydrogen-bond donors (Lipinski definition) is 1. The fourth-order valence-corrected chi connectivity index (χ4v) is 2.76. The fourth-order valence-electron chi connectivity index (χ4n) is 2.47. The molecule has 25 heavy (non-hydrogen) atoms. The van der Waals surface area contributed by atoms with Crippen molar-refractivity contribution in [3.63, 3.8) is 0 Å². The molecule has 1 N–H and O–H groups in total. The summed E-state index contributed by atoms with van der Waals surface area (Å²) < 4.78 is 5.71. The van der Waals surface area contributed by atoms with Crippen LogP contribution < -0.4 is 5.32 Å². The van der Waals surface area contributed by atoms with Crippen LogP contribution in [0.5, 0.6) is 0 Å². The molecule has 0 spiro atoms. The molecule has 1 aliphatic rings. The Kier molecular flexibility index (Phi) is 4.62. The van der Waals surface area contributed by atoms with Gasteiger partial charge in [0.05, 0.1) is 4.92 Å². The Hall–Kier alpha value is -3.00. The molecule has 128 valence electrons. The number of nitrogens with one attached hydrogen (secondary N) is 1. The van der Waals surface area contributed by atoms with E-state index in [0.29, 0.717) is 34.4 Å². The molecule has 1 fully saturated rings. The second-order valence-electron chi connectivity index (χ2n) is 5.45. The molecule has 8 heteroatoms. The number of hydrogen-bond acceptors (Lipinski definition) is 5. The molecular formula is C17H15N3O4S. The van der Waals surface area contributed by atoms with Crippen LogP contribution in [0.15, 0.2) is 46.5 Å². The number of carbonyl (C=O) groups is 1. The number of nitro benzene ring substituents is 1. The maximum atomic E-state index is 12.3. The highest BCUT2D eigenvalue weighted by molar-refractivity contribution is 7.80. The summed E-state index contributed by atoms with van der Waals surface area (Å²) in [6.45, 7) is 2.54. The van der Waals surface area contributed by atoms with Crippen molar-refractivity contribution in [3.8, 4) is 11.3 Å². The minimum Gasteiger partial charge on any atom is -0.457 e. The number of thiocarbonyl (C=S) groups is 1. The lowest BCUT2D eigenvalue weighted by Crippen LogP contribution is -2.31. The summed E-state index contributed by atoms with van der Waals surface area (Å²) in [4.78, 5) is 24.0. The quantitative estimate of drug-likeness (QED) is 0.382. The Morgan fingerprint density at radius 2 is 2.00 bits per heavy atom. The van der Waals surface area contributed by atoms with Crippen LogP contribution in [0.1, 0.15) is 19.1 Å². The van der Waals surface area contributed by atoms with Crippen LogP contribution in [-0.2, 0) is 4.79 Å². The van der Waals surface area contributed by atoms with E-state index in [1.807, 2.05) is 6.92 Å². The molecule has 0 bridgehead atoms. The average molecular weight is 357 g/mol. The van der Waals surface area contributed by atoms with Gasteiger partial charge >= 0.3 is 0 Å². The molecule has 0 saturated carbocycles. The zero-order valence-electron chi connectivity index (χ0n) is 13.4. The summed E-state index contributed by atoms with van der Waals surface area (Å²) in [5.41, 5.74) is 1.09. The Balaban J connectivity index is 1.81. The Bertz CT molecular complexity index is 870. The molecule has 3 rings (SSSR count). The molecule has 2 heterocycles. The molecule has 1 aromatic heterocycles. The van der Waals surface area contributed by atoms with Crippen LogP contribution in [-0.4, -0.2) is 27.4 Å². The largest absolute Gasteiger partial charge is 0.457 e.